The number of piperazine rings is 1. The summed E-state index contributed by atoms with van der Waals surface area (Å²) in [7, 11) is 0. The quantitative estimate of drug-likeness (QED) is 0.387. The second-order valence-corrected chi connectivity index (χ2v) is 12.0. The molecule has 2 bridgehead atoms. The van der Waals surface area contributed by atoms with Gasteiger partial charge in [0.25, 0.3) is 0 Å². The van der Waals surface area contributed by atoms with Crippen LogP contribution in [0.2, 0.25) is 5.02 Å². The molecule has 9 nitrogen and oxygen atoms in total. The summed E-state index contributed by atoms with van der Waals surface area (Å²) in [6.45, 7) is 7.24. The maximum Gasteiger partial charge on any atom is 0.410 e. The lowest BCUT2D eigenvalue weighted by Crippen LogP contribution is -2.50. The average molecular weight is 565 g/mol. The number of carbonyl (C=O) groups excluding carboxylic acids is 1. The number of hydrogen-bond acceptors (Lipinski definition) is 8. The van der Waals surface area contributed by atoms with E-state index in [1.807, 2.05) is 32.9 Å². The second-order valence-electron chi connectivity index (χ2n) is 11.6. The normalized spacial score (nSPS) is 20.1. The van der Waals surface area contributed by atoms with Crippen LogP contribution < -0.4 is 15.0 Å². The van der Waals surface area contributed by atoms with Crippen LogP contribution in [0.1, 0.15) is 45.6 Å². The Morgan fingerprint density at radius 1 is 1.23 bits per heavy atom. The number of rotatable bonds is 6. The summed E-state index contributed by atoms with van der Waals surface area (Å²) in [6, 6.07) is 9.13. The van der Waals surface area contributed by atoms with Crippen LogP contribution in [0.25, 0.3) is 11.0 Å². The van der Waals surface area contributed by atoms with E-state index in [4.69, 9.17) is 26.1 Å². The largest absolute Gasteiger partial charge is 0.492 e. The highest BCUT2D eigenvalue weighted by Gasteiger charge is 2.47. The fraction of sp³-hybridized carbons (Fsp3) is 0.448. The van der Waals surface area contributed by atoms with Gasteiger partial charge in [0.15, 0.2) is 5.82 Å². The lowest BCUT2D eigenvalue weighted by atomic mass is 10.1. The van der Waals surface area contributed by atoms with Crippen molar-refractivity contribution in [2.45, 2.75) is 57.7 Å². The number of carbonyl (C=O) groups is 1. The maximum atomic E-state index is 15.3. The minimum Gasteiger partial charge on any atom is -0.492 e. The molecule has 2 aromatic heterocycles. The zero-order valence-electron chi connectivity index (χ0n) is 22.6. The third kappa shape index (κ3) is 5.06. The molecule has 0 unspecified atom stereocenters. The Labute approximate surface area is 236 Å². The van der Waals surface area contributed by atoms with Gasteiger partial charge in [-0.05, 0) is 70.2 Å². The van der Waals surface area contributed by atoms with Crippen LogP contribution in [0.5, 0.6) is 5.75 Å². The number of nitrogens with zero attached hydrogens (tertiary/aromatic N) is 5. The van der Waals surface area contributed by atoms with Crippen LogP contribution in [-0.4, -0.2) is 58.3 Å². The predicted octanol–water partition coefficient (Wildman–Crippen LogP) is 6.02. The molecule has 2 atom stereocenters. The van der Waals surface area contributed by atoms with E-state index in [0.29, 0.717) is 53.9 Å². The van der Waals surface area contributed by atoms with E-state index in [0.717, 1.165) is 19.3 Å². The molecule has 6 rings (SSSR count). The minimum absolute atomic E-state index is 0.0235. The Bertz CT molecular complexity index is 1530. The highest BCUT2D eigenvalue weighted by atomic mass is 35.5. The number of halogens is 2. The number of anilines is 3. The van der Waals surface area contributed by atoms with Gasteiger partial charge in [-0.25, -0.2) is 14.2 Å². The standard InChI is InChI=1S/C29H30ClFN6O3/c1-29(2,3)40-28(38)37-14-18-10-19(37)13-36(18)23-9-7-21-27(35-23)26(17(11-32)12-33-21)34-20-6-8-22(24(30)25(20)31)39-15-16-4-5-16/h6-9,12,16,18-19H,4-5,10,13-15H2,1-3H3,(H,33,34)/t18-,19-/m0/s1. The molecular weight excluding hydrogens is 535 g/mol. The van der Waals surface area contributed by atoms with Gasteiger partial charge < -0.3 is 24.6 Å². The van der Waals surface area contributed by atoms with Gasteiger partial charge in [0.1, 0.15) is 33.8 Å². The zero-order chi connectivity index (χ0) is 28.2. The predicted molar refractivity (Wildman–Crippen MR) is 150 cm³/mol. The average Bonchev–Trinajstić information content (AvgIpc) is 3.52. The van der Waals surface area contributed by atoms with Crippen LogP contribution >= 0.6 is 11.6 Å². The monoisotopic (exact) mass is 564 g/mol. The van der Waals surface area contributed by atoms with Crippen molar-refractivity contribution in [3.63, 3.8) is 0 Å². The molecule has 4 heterocycles. The Balaban J connectivity index is 1.27. The molecule has 1 aromatic carbocycles. The smallest absolute Gasteiger partial charge is 0.410 e. The maximum absolute atomic E-state index is 15.3. The van der Waals surface area contributed by atoms with E-state index >= 15 is 4.39 Å². The van der Waals surface area contributed by atoms with Gasteiger partial charge in [0.05, 0.1) is 41.1 Å². The molecule has 11 heteroatoms. The first-order valence-corrected chi connectivity index (χ1v) is 13.8. The van der Waals surface area contributed by atoms with Gasteiger partial charge in [0.2, 0.25) is 0 Å². The van der Waals surface area contributed by atoms with E-state index in [1.54, 1.807) is 17.0 Å². The molecule has 3 aromatic rings. The number of likely N-dealkylation sites (tertiary alicyclic amines) is 1. The van der Waals surface area contributed by atoms with Gasteiger partial charge in [-0.3, -0.25) is 4.98 Å². The number of hydrogen-bond donors (Lipinski definition) is 1. The Morgan fingerprint density at radius 2 is 2.02 bits per heavy atom. The topological polar surface area (TPSA) is 104 Å². The summed E-state index contributed by atoms with van der Waals surface area (Å²) in [5, 5.41) is 12.8. The lowest BCUT2D eigenvalue weighted by Gasteiger charge is -2.35. The molecule has 0 spiro atoms. The van der Waals surface area contributed by atoms with E-state index in [1.165, 1.54) is 6.20 Å². The van der Waals surface area contributed by atoms with Crippen molar-refractivity contribution < 1.29 is 18.7 Å². The fourth-order valence-electron chi connectivity index (χ4n) is 5.29. The van der Waals surface area contributed by atoms with Crippen LogP contribution in [-0.2, 0) is 4.74 Å². The summed E-state index contributed by atoms with van der Waals surface area (Å²) < 4.78 is 26.6. The Hall–Kier alpha value is -3.84. The molecule has 1 aliphatic carbocycles. The Kier molecular flexibility index (Phi) is 6.57. The molecule has 0 radical (unpaired) electrons. The van der Waals surface area contributed by atoms with Crippen LogP contribution in [0.3, 0.4) is 0 Å². The minimum atomic E-state index is -0.668. The number of nitrogens with one attached hydrogen (secondary N) is 1. The molecule has 2 saturated heterocycles. The molecule has 3 fully saturated rings. The zero-order valence-corrected chi connectivity index (χ0v) is 23.3. The van der Waals surface area contributed by atoms with Crippen molar-refractivity contribution in [2.75, 3.05) is 29.9 Å². The molecule has 1 amide bonds. The third-order valence-corrected chi connectivity index (χ3v) is 7.81. The van der Waals surface area contributed by atoms with Gasteiger partial charge in [-0.1, -0.05) is 11.6 Å². The number of aromatic nitrogens is 2. The van der Waals surface area contributed by atoms with E-state index in [9.17, 15) is 10.1 Å². The number of benzene rings is 1. The van der Waals surface area contributed by atoms with E-state index in [2.05, 4.69) is 21.3 Å². The number of pyridine rings is 2. The van der Waals surface area contributed by atoms with E-state index in [-0.39, 0.29) is 34.5 Å². The van der Waals surface area contributed by atoms with Crippen LogP contribution in [0, 0.1) is 23.1 Å². The first kappa shape index (κ1) is 26.4. The SMILES string of the molecule is CC(C)(C)OC(=O)N1C[C@@H]2C[C@H]1CN2c1ccc2ncc(C#N)c(Nc3ccc(OCC4CC4)c(Cl)c3F)c2n1. The molecular formula is C29H30ClFN6O3. The third-order valence-electron chi connectivity index (χ3n) is 7.46. The molecule has 208 valence electrons. The molecule has 40 heavy (non-hydrogen) atoms. The summed E-state index contributed by atoms with van der Waals surface area (Å²) >= 11 is 6.30. The first-order valence-electron chi connectivity index (χ1n) is 13.4. The van der Waals surface area contributed by atoms with Crippen molar-refractivity contribution >= 4 is 45.9 Å². The van der Waals surface area contributed by atoms with Crippen molar-refractivity contribution in [1.82, 2.24) is 14.9 Å². The molecule has 2 aliphatic heterocycles. The molecule has 1 saturated carbocycles. The van der Waals surface area contributed by atoms with Gasteiger partial charge in [-0.2, -0.15) is 5.26 Å². The highest BCUT2D eigenvalue weighted by molar-refractivity contribution is 6.32. The number of amides is 1. The van der Waals surface area contributed by atoms with Crippen molar-refractivity contribution in [3.05, 3.63) is 46.9 Å². The van der Waals surface area contributed by atoms with Gasteiger partial charge >= 0.3 is 6.09 Å². The molecule has 3 aliphatic rings. The second kappa shape index (κ2) is 9.97. The molecule has 1 N–H and O–H groups in total. The number of fused-ring (bicyclic) bond motifs is 3. The summed E-state index contributed by atoms with van der Waals surface area (Å²) in [5.74, 6) is 0.830. The first-order chi connectivity index (χ1) is 19.1. The van der Waals surface area contributed by atoms with E-state index < -0.39 is 11.4 Å². The van der Waals surface area contributed by atoms with Gasteiger partial charge in [0, 0.05) is 19.3 Å². The van der Waals surface area contributed by atoms with Gasteiger partial charge in [-0.15, -0.1) is 0 Å². The fourth-order valence-corrected chi connectivity index (χ4v) is 5.50. The van der Waals surface area contributed by atoms with Crippen molar-refractivity contribution in [2.24, 2.45) is 5.92 Å². The van der Waals surface area contributed by atoms with Crippen molar-refractivity contribution in [1.29, 1.82) is 5.26 Å². The highest BCUT2D eigenvalue weighted by Crippen LogP contribution is 2.39. The van der Waals surface area contributed by atoms with Crippen molar-refractivity contribution in [3.8, 4) is 11.8 Å². The number of ether oxygens (including phenoxy) is 2. The van der Waals surface area contributed by atoms with Crippen LogP contribution in [0.4, 0.5) is 26.4 Å². The lowest BCUT2D eigenvalue weighted by molar-refractivity contribution is 0.0214. The summed E-state index contributed by atoms with van der Waals surface area (Å²) in [4.78, 5) is 25.9. The summed E-state index contributed by atoms with van der Waals surface area (Å²) in [5.41, 5.74) is 1.11. The number of nitriles is 1. The Morgan fingerprint density at radius 3 is 2.70 bits per heavy atom. The van der Waals surface area contributed by atoms with Crippen LogP contribution in [0.15, 0.2) is 30.5 Å². The summed E-state index contributed by atoms with van der Waals surface area (Å²) in [6.07, 6.45) is 4.18.